The fourth-order valence-electron chi connectivity index (χ4n) is 0.447. The molecule has 11 heavy (non-hydrogen) atoms. The van der Waals surface area contributed by atoms with Crippen LogP contribution < -0.4 is 113 Å². The summed E-state index contributed by atoms with van der Waals surface area (Å²) in [7, 11) is 0. The standard InChI is InChI=1S/C4H4N2O3.2K/c7-2-1-3(8)6-4(9)5-2;;/h1H2,(H2,5,6,7,8,9);;/q;2*+1/p-2. The molecular formula is C4H2K2N2O3. The van der Waals surface area contributed by atoms with E-state index in [0.717, 1.165) is 0 Å². The van der Waals surface area contributed by atoms with E-state index in [-0.39, 0.29) is 109 Å². The van der Waals surface area contributed by atoms with Crippen LogP contribution in [0.4, 0.5) is 0 Å². The first-order chi connectivity index (χ1) is 4.18. The van der Waals surface area contributed by atoms with E-state index in [4.69, 9.17) is 0 Å². The molecule has 0 saturated carbocycles. The Labute approximate surface area is 148 Å². The second-order valence-corrected chi connectivity index (χ2v) is 1.47. The molecule has 0 bridgehead atoms. The van der Waals surface area contributed by atoms with Gasteiger partial charge in [0.05, 0.1) is 12.4 Å². The topological polar surface area (TPSA) is 87.9 Å². The Kier molecular flexibility index (Phi) is 10.2. The molecule has 0 aromatic rings. The zero-order valence-corrected chi connectivity index (χ0v) is 12.6. The third-order valence-corrected chi connectivity index (χ3v) is 0.743. The minimum atomic E-state index is -0.990. The van der Waals surface area contributed by atoms with Gasteiger partial charge >= 0.3 is 103 Å². The van der Waals surface area contributed by atoms with Gasteiger partial charge in [-0.15, -0.1) is 0 Å². The largest absolute Gasteiger partial charge is 1.00 e. The maximum Gasteiger partial charge on any atom is 1.00 e. The predicted molar refractivity (Wildman–Crippen MR) is 24.5 cm³/mol. The molecule has 7 heteroatoms. The van der Waals surface area contributed by atoms with Crippen molar-refractivity contribution < 1.29 is 118 Å². The van der Waals surface area contributed by atoms with E-state index in [1.54, 1.807) is 0 Å². The van der Waals surface area contributed by atoms with Gasteiger partial charge in [0.2, 0.25) is 0 Å². The molecule has 1 aliphatic rings. The molecule has 0 unspecified atom stereocenters. The van der Waals surface area contributed by atoms with Gasteiger partial charge in [-0.05, 0) is 5.90 Å². The Morgan fingerprint density at radius 1 is 1.18 bits per heavy atom. The number of nitrogens with zero attached hydrogens (tertiary/aromatic N) is 2. The molecule has 0 aliphatic carbocycles. The smallest absolute Gasteiger partial charge is 0.861 e. The third-order valence-electron chi connectivity index (χ3n) is 0.743. The van der Waals surface area contributed by atoms with Gasteiger partial charge in [0, 0.05) is 0 Å². The Morgan fingerprint density at radius 3 is 2.09 bits per heavy atom. The Balaban J connectivity index is 0. The molecule has 48 valence electrons. The van der Waals surface area contributed by atoms with E-state index in [2.05, 4.69) is 9.98 Å². The van der Waals surface area contributed by atoms with Crippen molar-refractivity contribution in [2.24, 2.45) is 9.98 Å². The van der Waals surface area contributed by atoms with Gasteiger partial charge in [0.1, 0.15) is 0 Å². The number of rotatable bonds is 0. The first-order valence-corrected chi connectivity index (χ1v) is 2.21. The van der Waals surface area contributed by atoms with Crippen molar-refractivity contribution in [1.82, 2.24) is 0 Å². The number of amides is 1. The second kappa shape index (κ2) is 7.30. The first-order valence-electron chi connectivity index (χ1n) is 2.21. The minimum Gasteiger partial charge on any atom is -0.861 e. The fourth-order valence-corrected chi connectivity index (χ4v) is 0.447. The molecular weight excluding hydrogens is 202 g/mol. The number of carbonyl (C=O) groups is 1. The van der Waals surface area contributed by atoms with Gasteiger partial charge in [-0.3, -0.25) is 9.79 Å². The van der Waals surface area contributed by atoms with Crippen LogP contribution in [-0.2, 0) is 4.79 Å². The van der Waals surface area contributed by atoms with Crippen LogP contribution in [0.15, 0.2) is 9.98 Å². The van der Waals surface area contributed by atoms with Crippen molar-refractivity contribution in [3.05, 3.63) is 0 Å². The van der Waals surface area contributed by atoms with Gasteiger partial charge in [-0.2, -0.15) is 0 Å². The van der Waals surface area contributed by atoms with Crippen LogP contribution in [0.25, 0.3) is 0 Å². The number of hydrogen-bond donors (Lipinski definition) is 0. The summed E-state index contributed by atoms with van der Waals surface area (Å²) in [5.41, 5.74) is 0. The quantitative estimate of drug-likeness (QED) is 0.367. The molecule has 0 radical (unpaired) electrons. The Bertz CT molecular complexity index is 213. The van der Waals surface area contributed by atoms with Gasteiger partial charge in [0.15, 0.2) is 0 Å². The van der Waals surface area contributed by atoms with Crippen molar-refractivity contribution in [2.45, 2.75) is 6.42 Å². The van der Waals surface area contributed by atoms with Crippen molar-refractivity contribution in [2.75, 3.05) is 0 Å². The zero-order chi connectivity index (χ0) is 6.85. The van der Waals surface area contributed by atoms with Gasteiger partial charge in [0.25, 0.3) is 5.91 Å². The van der Waals surface area contributed by atoms with Gasteiger partial charge in [-0.1, -0.05) is 0 Å². The molecule has 1 amide bonds. The van der Waals surface area contributed by atoms with Crippen LogP contribution in [-0.4, -0.2) is 17.8 Å². The number of amidine groups is 1. The number of carbonyl (C=O) groups excluding carboxylic acids is 1. The number of hydrogen-bond acceptors (Lipinski definition) is 4. The summed E-state index contributed by atoms with van der Waals surface area (Å²) >= 11 is 0. The minimum absolute atomic E-state index is 0. The van der Waals surface area contributed by atoms with Crippen LogP contribution >= 0.6 is 0 Å². The van der Waals surface area contributed by atoms with E-state index < -0.39 is 17.8 Å². The zero-order valence-electron chi connectivity index (χ0n) is 6.33. The normalized spacial score (nSPS) is 15.5. The summed E-state index contributed by atoms with van der Waals surface area (Å²) < 4.78 is 0. The van der Waals surface area contributed by atoms with E-state index in [0.29, 0.717) is 0 Å². The van der Waals surface area contributed by atoms with Crippen LogP contribution in [0.1, 0.15) is 6.42 Å². The van der Waals surface area contributed by atoms with Crippen LogP contribution in [0, 0.1) is 0 Å². The fraction of sp³-hybridized carbons (Fsp3) is 0.250. The number of aliphatic imine (C=N–C) groups is 2. The molecule has 0 spiro atoms. The SMILES string of the molecule is O=C1CC([O-])=NC([O-])=N1.[K+].[K+]. The second-order valence-electron chi connectivity index (χ2n) is 1.47. The van der Waals surface area contributed by atoms with Gasteiger partial charge in [-0.25, -0.2) is 4.99 Å². The van der Waals surface area contributed by atoms with Crippen molar-refractivity contribution in [3.8, 4) is 0 Å². The van der Waals surface area contributed by atoms with Gasteiger partial charge < -0.3 is 10.2 Å². The Morgan fingerprint density at radius 2 is 1.73 bits per heavy atom. The van der Waals surface area contributed by atoms with Crippen molar-refractivity contribution >= 4 is 17.8 Å². The molecule has 0 fully saturated rings. The molecule has 1 heterocycles. The summed E-state index contributed by atoms with van der Waals surface area (Å²) in [5, 5.41) is 20.3. The van der Waals surface area contributed by atoms with Crippen LogP contribution in [0.3, 0.4) is 0 Å². The molecule has 1 rings (SSSR count). The first kappa shape index (κ1) is 15.4. The maximum absolute atomic E-state index is 10.2. The van der Waals surface area contributed by atoms with Crippen LogP contribution in [0.5, 0.6) is 0 Å². The molecule has 0 aromatic carbocycles. The van der Waals surface area contributed by atoms with E-state index >= 15 is 0 Å². The molecule has 0 N–H and O–H groups in total. The molecule has 0 saturated heterocycles. The van der Waals surface area contributed by atoms with Crippen molar-refractivity contribution in [1.29, 1.82) is 0 Å². The molecule has 5 nitrogen and oxygen atoms in total. The molecule has 1 aliphatic heterocycles. The summed E-state index contributed by atoms with van der Waals surface area (Å²) in [6.07, 6.45) is -0.369. The summed E-state index contributed by atoms with van der Waals surface area (Å²) in [6, 6.07) is -0.990. The van der Waals surface area contributed by atoms with Crippen molar-refractivity contribution in [3.63, 3.8) is 0 Å². The summed E-state index contributed by atoms with van der Waals surface area (Å²) in [4.78, 5) is 16.0. The average Bonchev–Trinajstić information content (AvgIpc) is 1.59. The maximum atomic E-state index is 10.2. The third kappa shape index (κ3) is 6.02. The molecule has 0 aromatic heterocycles. The predicted octanol–water partition coefficient (Wildman–Crippen LogP) is -8.60. The van der Waals surface area contributed by atoms with E-state index in [1.165, 1.54) is 0 Å². The summed E-state index contributed by atoms with van der Waals surface area (Å²) in [5.74, 6) is -1.42. The average molecular weight is 204 g/mol. The summed E-state index contributed by atoms with van der Waals surface area (Å²) in [6.45, 7) is 0. The Hall–Kier alpha value is 1.88. The molecule has 0 atom stereocenters. The van der Waals surface area contributed by atoms with E-state index in [9.17, 15) is 15.0 Å². The van der Waals surface area contributed by atoms with Crippen LogP contribution in [0.2, 0.25) is 0 Å². The monoisotopic (exact) mass is 204 g/mol. The van der Waals surface area contributed by atoms with E-state index in [1.807, 2.05) is 0 Å².